The van der Waals surface area contributed by atoms with Crippen molar-refractivity contribution in [2.45, 2.75) is 20.0 Å². The van der Waals surface area contributed by atoms with Gasteiger partial charge in [-0.25, -0.2) is 0 Å². The van der Waals surface area contributed by atoms with Gasteiger partial charge in [0, 0.05) is 12.7 Å². The summed E-state index contributed by atoms with van der Waals surface area (Å²) in [5, 5.41) is 18.3. The number of aryl methyl sites for hydroxylation is 1. The highest BCUT2D eigenvalue weighted by Crippen LogP contribution is 2.02. The lowest BCUT2D eigenvalue weighted by Gasteiger charge is -2.04. The predicted octanol–water partition coefficient (Wildman–Crippen LogP) is 0.157. The average molecular weight is 262 g/mol. The van der Waals surface area contributed by atoms with Gasteiger partial charge in [0.25, 0.3) is 0 Å². The number of nitrogens with one attached hydrogen (secondary N) is 1. The van der Waals surface area contributed by atoms with Crippen LogP contribution >= 0.6 is 0 Å². The second kappa shape index (κ2) is 5.91. The van der Waals surface area contributed by atoms with E-state index in [-0.39, 0.29) is 5.84 Å². The number of nitrogens with zero attached hydrogens (tertiary/aromatic N) is 4. The SMILES string of the molecule is Cc1noc(CNCc2ccnc(C(N)=NO)c2)n1. The largest absolute Gasteiger partial charge is 0.409 e. The Morgan fingerprint density at radius 1 is 1.53 bits per heavy atom. The van der Waals surface area contributed by atoms with E-state index in [4.69, 9.17) is 15.5 Å². The highest BCUT2D eigenvalue weighted by molar-refractivity contribution is 5.95. The summed E-state index contributed by atoms with van der Waals surface area (Å²) in [5.41, 5.74) is 6.85. The first-order valence-electron chi connectivity index (χ1n) is 5.62. The average Bonchev–Trinajstić information content (AvgIpc) is 2.84. The van der Waals surface area contributed by atoms with E-state index >= 15 is 0 Å². The van der Waals surface area contributed by atoms with Crippen molar-refractivity contribution >= 4 is 5.84 Å². The molecule has 0 fully saturated rings. The number of nitrogens with two attached hydrogens (primary N) is 1. The van der Waals surface area contributed by atoms with Crippen LogP contribution in [0, 0.1) is 6.92 Å². The van der Waals surface area contributed by atoms with Crippen molar-refractivity contribution in [2.24, 2.45) is 10.9 Å². The van der Waals surface area contributed by atoms with Gasteiger partial charge in [-0.2, -0.15) is 4.98 Å². The molecule has 0 aliphatic carbocycles. The predicted molar refractivity (Wildman–Crippen MR) is 66.3 cm³/mol. The lowest BCUT2D eigenvalue weighted by Crippen LogP contribution is -2.17. The summed E-state index contributed by atoms with van der Waals surface area (Å²) in [6.07, 6.45) is 1.60. The van der Waals surface area contributed by atoms with Gasteiger partial charge < -0.3 is 20.8 Å². The van der Waals surface area contributed by atoms with Crippen molar-refractivity contribution < 1.29 is 9.73 Å². The molecule has 100 valence electrons. The van der Waals surface area contributed by atoms with Crippen molar-refractivity contribution in [1.29, 1.82) is 0 Å². The summed E-state index contributed by atoms with van der Waals surface area (Å²) in [6, 6.07) is 3.57. The summed E-state index contributed by atoms with van der Waals surface area (Å²) < 4.78 is 4.97. The van der Waals surface area contributed by atoms with Gasteiger partial charge in [0.2, 0.25) is 5.89 Å². The highest BCUT2D eigenvalue weighted by atomic mass is 16.5. The molecule has 2 rings (SSSR count). The number of amidine groups is 1. The van der Waals surface area contributed by atoms with E-state index in [1.807, 2.05) is 6.07 Å². The van der Waals surface area contributed by atoms with Gasteiger partial charge in [-0.15, -0.1) is 0 Å². The Morgan fingerprint density at radius 2 is 2.37 bits per heavy atom. The molecule has 8 nitrogen and oxygen atoms in total. The molecule has 0 saturated heterocycles. The van der Waals surface area contributed by atoms with E-state index in [0.717, 1.165) is 5.56 Å². The van der Waals surface area contributed by atoms with Gasteiger partial charge in [-0.1, -0.05) is 10.3 Å². The summed E-state index contributed by atoms with van der Waals surface area (Å²) >= 11 is 0. The molecule has 19 heavy (non-hydrogen) atoms. The Bertz CT molecular complexity index is 580. The topological polar surface area (TPSA) is 122 Å². The van der Waals surface area contributed by atoms with Crippen LogP contribution < -0.4 is 11.1 Å². The molecule has 0 atom stereocenters. The van der Waals surface area contributed by atoms with Crippen LogP contribution in [0.3, 0.4) is 0 Å². The molecule has 0 aliphatic heterocycles. The summed E-state index contributed by atoms with van der Waals surface area (Å²) in [4.78, 5) is 8.07. The van der Waals surface area contributed by atoms with Crippen LogP contribution in [0.4, 0.5) is 0 Å². The maximum atomic E-state index is 8.59. The van der Waals surface area contributed by atoms with Gasteiger partial charge in [0.15, 0.2) is 11.7 Å². The molecule has 8 heteroatoms. The lowest BCUT2D eigenvalue weighted by molar-refractivity contribution is 0.318. The zero-order chi connectivity index (χ0) is 13.7. The molecule has 0 aliphatic rings. The van der Waals surface area contributed by atoms with Crippen molar-refractivity contribution in [2.75, 3.05) is 0 Å². The number of rotatable bonds is 5. The minimum Gasteiger partial charge on any atom is -0.409 e. The number of aromatic nitrogens is 3. The molecule has 0 unspecified atom stereocenters. The van der Waals surface area contributed by atoms with Crippen LogP contribution in [0.25, 0.3) is 0 Å². The number of pyridine rings is 1. The van der Waals surface area contributed by atoms with Gasteiger partial charge in [-0.3, -0.25) is 4.98 Å². The van der Waals surface area contributed by atoms with Crippen molar-refractivity contribution in [3.05, 3.63) is 41.3 Å². The van der Waals surface area contributed by atoms with Crippen LogP contribution in [0.5, 0.6) is 0 Å². The maximum absolute atomic E-state index is 8.59. The molecule has 2 aromatic rings. The normalized spacial score (nSPS) is 11.7. The quantitative estimate of drug-likeness (QED) is 0.303. The highest BCUT2D eigenvalue weighted by Gasteiger charge is 2.04. The zero-order valence-electron chi connectivity index (χ0n) is 10.4. The third-order valence-electron chi connectivity index (χ3n) is 2.37. The Kier molecular flexibility index (Phi) is 4.04. The second-order valence-corrected chi connectivity index (χ2v) is 3.87. The molecular weight excluding hydrogens is 248 g/mol. The van der Waals surface area contributed by atoms with Gasteiger partial charge in [0.1, 0.15) is 5.69 Å². The molecule has 2 heterocycles. The summed E-state index contributed by atoms with van der Waals surface area (Å²) in [6.45, 7) is 2.82. The van der Waals surface area contributed by atoms with E-state index in [1.165, 1.54) is 0 Å². The molecule has 0 amide bonds. The van der Waals surface area contributed by atoms with E-state index in [9.17, 15) is 0 Å². The molecule has 0 aromatic carbocycles. The zero-order valence-corrected chi connectivity index (χ0v) is 10.4. The Hall–Kier alpha value is -2.48. The van der Waals surface area contributed by atoms with Crippen LogP contribution in [0.15, 0.2) is 28.0 Å². The number of hydrogen-bond donors (Lipinski definition) is 3. The third-order valence-corrected chi connectivity index (χ3v) is 2.37. The first-order valence-corrected chi connectivity index (χ1v) is 5.62. The fourth-order valence-electron chi connectivity index (χ4n) is 1.50. The van der Waals surface area contributed by atoms with Crippen molar-refractivity contribution in [3.63, 3.8) is 0 Å². The van der Waals surface area contributed by atoms with Gasteiger partial charge in [0.05, 0.1) is 6.54 Å². The second-order valence-electron chi connectivity index (χ2n) is 3.87. The Morgan fingerprint density at radius 3 is 3.05 bits per heavy atom. The maximum Gasteiger partial charge on any atom is 0.240 e. The van der Waals surface area contributed by atoms with Crippen LogP contribution in [-0.4, -0.2) is 26.2 Å². The smallest absolute Gasteiger partial charge is 0.240 e. The third kappa shape index (κ3) is 3.49. The monoisotopic (exact) mass is 262 g/mol. The molecule has 0 radical (unpaired) electrons. The standard InChI is InChI=1S/C11H14N6O2/c1-7-15-10(19-17-7)6-13-5-8-2-3-14-9(4-8)11(12)16-18/h2-4,13,18H,5-6H2,1H3,(H2,12,16). The van der Waals surface area contributed by atoms with Crippen LogP contribution in [0.2, 0.25) is 0 Å². The summed E-state index contributed by atoms with van der Waals surface area (Å²) in [7, 11) is 0. The van der Waals surface area contributed by atoms with E-state index in [1.54, 1.807) is 19.2 Å². The molecule has 0 saturated carbocycles. The first kappa shape index (κ1) is 13.0. The van der Waals surface area contributed by atoms with Gasteiger partial charge >= 0.3 is 0 Å². The van der Waals surface area contributed by atoms with Crippen LogP contribution in [-0.2, 0) is 13.1 Å². The molecule has 4 N–H and O–H groups in total. The lowest BCUT2D eigenvalue weighted by atomic mass is 10.2. The van der Waals surface area contributed by atoms with E-state index in [2.05, 4.69) is 25.6 Å². The van der Waals surface area contributed by atoms with Crippen molar-refractivity contribution in [1.82, 2.24) is 20.4 Å². The molecule has 0 spiro atoms. The molecule has 0 bridgehead atoms. The first-order chi connectivity index (χ1) is 9.19. The molecular formula is C11H14N6O2. The van der Waals surface area contributed by atoms with Crippen molar-refractivity contribution in [3.8, 4) is 0 Å². The minimum absolute atomic E-state index is 0.0191. The van der Waals surface area contributed by atoms with Gasteiger partial charge in [-0.05, 0) is 24.6 Å². The number of hydrogen-bond acceptors (Lipinski definition) is 7. The van der Waals surface area contributed by atoms with E-state index in [0.29, 0.717) is 30.5 Å². The van der Waals surface area contributed by atoms with E-state index < -0.39 is 0 Å². The fourth-order valence-corrected chi connectivity index (χ4v) is 1.50. The number of oxime groups is 1. The molecule has 2 aromatic heterocycles. The van der Waals surface area contributed by atoms with Crippen LogP contribution in [0.1, 0.15) is 23.0 Å². The summed E-state index contributed by atoms with van der Waals surface area (Å²) in [5.74, 6) is 1.12. The minimum atomic E-state index is -0.0191. The Balaban J connectivity index is 1.92. The Labute approximate surface area is 109 Å². The fraction of sp³-hybridized carbons (Fsp3) is 0.273.